The number of nitrogens with zero attached hydrogens (tertiary/aromatic N) is 1. The Balaban J connectivity index is 5.33. The van der Waals surface area contributed by atoms with Crippen molar-refractivity contribution in [2.24, 2.45) is 0 Å². The predicted molar refractivity (Wildman–Crippen MR) is 96.1 cm³/mol. The van der Waals surface area contributed by atoms with Crippen LogP contribution >= 0.6 is 12.2 Å². The van der Waals surface area contributed by atoms with Crippen LogP contribution in [0.25, 0.3) is 0 Å². The Hall–Kier alpha value is -0.466. The summed E-state index contributed by atoms with van der Waals surface area (Å²) >= 11 is 5.23. The standard InChI is InChI=1S/C14H29NO2SSi2/c1-9-15(19(3,4)5)13(10-12(2)18)11-14(16)17-20(6,7)8/h11H,9-10H2,1-8H3. The maximum Gasteiger partial charge on any atom is 0.319 e. The minimum Gasteiger partial charge on any atom is -0.517 e. The molecule has 0 spiro atoms. The third kappa shape index (κ3) is 7.96. The Labute approximate surface area is 131 Å². The zero-order valence-electron chi connectivity index (χ0n) is 14.2. The molecule has 3 nitrogen and oxygen atoms in total. The lowest BCUT2D eigenvalue weighted by molar-refractivity contribution is -0.129. The maximum absolute atomic E-state index is 12.1. The van der Waals surface area contributed by atoms with E-state index >= 15 is 0 Å². The lowest BCUT2D eigenvalue weighted by Crippen LogP contribution is -2.45. The van der Waals surface area contributed by atoms with E-state index in [1.165, 1.54) is 0 Å². The molecule has 0 aromatic heterocycles. The van der Waals surface area contributed by atoms with Gasteiger partial charge in [0.05, 0.1) is 0 Å². The van der Waals surface area contributed by atoms with E-state index in [9.17, 15) is 4.79 Å². The molecule has 6 heteroatoms. The highest BCUT2D eigenvalue weighted by atomic mass is 32.1. The van der Waals surface area contributed by atoms with E-state index in [-0.39, 0.29) is 5.97 Å². The summed E-state index contributed by atoms with van der Waals surface area (Å²) in [5.41, 5.74) is 1.00. The number of hydrogen-bond acceptors (Lipinski definition) is 4. The van der Waals surface area contributed by atoms with Crippen molar-refractivity contribution in [2.75, 3.05) is 6.54 Å². The van der Waals surface area contributed by atoms with Gasteiger partial charge in [0, 0.05) is 24.7 Å². The fourth-order valence-electron chi connectivity index (χ4n) is 2.05. The van der Waals surface area contributed by atoms with Gasteiger partial charge in [0.2, 0.25) is 8.32 Å². The molecule has 0 fully saturated rings. The highest BCUT2D eigenvalue weighted by Gasteiger charge is 2.26. The summed E-state index contributed by atoms with van der Waals surface area (Å²) in [7, 11) is -3.39. The Morgan fingerprint density at radius 2 is 1.70 bits per heavy atom. The lowest BCUT2D eigenvalue weighted by atomic mass is 10.2. The molecule has 0 bridgehead atoms. The third-order valence-corrected chi connectivity index (χ3v) is 5.77. The van der Waals surface area contributed by atoms with Crippen molar-refractivity contribution >= 4 is 39.6 Å². The molecule has 0 unspecified atom stereocenters. The van der Waals surface area contributed by atoms with E-state index in [4.69, 9.17) is 16.6 Å². The van der Waals surface area contributed by atoms with Gasteiger partial charge in [-0.2, -0.15) is 0 Å². The monoisotopic (exact) mass is 331 g/mol. The SMILES string of the molecule is CCN(C(=CC(=O)O[Si](C)(C)C)CC(C)=S)[Si](C)(C)C. The van der Waals surface area contributed by atoms with Gasteiger partial charge in [-0.25, -0.2) is 4.79 Å². The largest absolute Gasteiger partial charge is 0.517 e. The van der Waals surface area contributed by atoms with Crippen molar-refractivity contribution in [1.29, 1.82) is 0 Å². The zero-order valence-corrected chi connectivity index (χ0v) is 17.0. The molecule has 0 radical (unpaired) electrons. The van der Waals surface area contributed by atoms with E-state index in [0.29, 0.717) is 6.42 Å². The molecule has 0 amide bonds. The quantitative estimate of drug-likeness (QED) is 0.397. The molecular weight excluding hydrogens is 302 g/mol. The number of thiocarbonyl (C=S) groups is 1. The first-order valence-corrected chi connectivity index (χ1v) is 14.3. The first-order valence-electron chi connectivity index (χ1n) is 7.07. The molecule has 0 aromatic carbocycles. The smallest absolute Gasteiger partial charge is 0.319 e. The fraction of sp³-hybridized carbons (Fsp3) is 0.714. The van der Waals surface area contributed by atoms with Gasteiger partial charge in [0.1, 0.15) is 8.24 Å². The van der Waals surface area contributed by atoms with Gasteiger partial charge in [0.25, 0.3) is 0 Å². The maximum atomic E-state index is 12.1. The third-order valence-electron chi connectivity index (χ3n) is 2.59. The lowest BCUT2D eigenvalue weighted by Gasteiger charge is -2.37. The molecule has 0 rings (SSSR count). The van der Waals surface area contributed by atoms with E-state index in [2.05, 4.69) is 31.1 Å². The van der Waals surface area contributed by atoms with Crippen LogP contribution in [0.4, 0.5) is 0 Å². The molecule has 0 saturated carbocycles. The number of carbonyl (C=O) groups is 1. The number of hydrogen-bond donors (Lipinski definition) is 0. The minimum atomic E-state index is -1.85. The Morgan fingerprint density at radius 3 is 2.00 bits per heavy atom. The van der Waals surface area contributed by atoms with Gasteiger partial charge in [-0.15, -0.1) is 0 Å². The average molecular weight is 332 g/mol. The topological polar surface area (TPSA) is 29.5 Å². The highest BCUT2D eigenvalue weighted by Crippen LogP contribution is 2.20. The summed E-state index contributed by atoms with van der Waals surface area (Å²) in [5, 5.41) is 0. The van der Waals surface area contributed by atoms with Crippen LogP contribution in [0.2, 0.25) is 39.3 Å². The van der Waals surface area contributed by atoms with Gasteiger partial charge in [-0.1, -0.05) is 31.9 Å². The molecule has 116 valence electrons. The van der Waals surface area contributed by atoms with Crippen LogP contribution in [0, 0.1) is 0 Å². The average Bonchev–Trinajstić information content (AvgIpc) is 2.10. The molecule has 0 aliphatic carbocycles. The number of carbonyl (C=O) groups excluding carboxylic acids is 1. The Bertz CT molecular complexity index is 395. The van der Waals surface area contributed by atoms with Crippen molar-refractivity contribution in [3.8, 4) is 0 Å². The van der Waals surface area contributed by atoms with Crippen LogP contribution in [0.5, 0.6) is 0 Å². The molecule has 0 atom stereocenters. The Kier molecular flexibility index (Phi) is 7.34. The molecule has 20 heavy (non-hydrogen) atoms. The molecular formula is C14H29NO2SSi2. The van der Waals surface area contributed by atoms with Gasteiger partial charge in [-0.3, -0.25) is 0 Å². The van der Waals surface area contributed by atoms with Crippen LogP contribution in [-0.2, 0) is 9.22 Å². The number of allylic oxidation sites excluding steroid dienone is 1. The first-order chi connectivity index (χ1) is 8.86. The molecule has 0 aromatic rings. The fourth-order valence-corrected chi connectivity index (χ4v) is 4.82. The predicted octanol–water partition coefficient (Wildman–Crippen LogP) is 4.19. The van der Waals surface area contributed by atoms with Crippen molar-refractivity contribution in [3.05, 3.63) is 11.8 Å². The van der Waals surface area contributed by atoms with Crippen LogP contribution in [0.3, 0.4) is 0 Å². The van der Waals surface area contributed by atoms with Gasteiger partial charge < -0.3 is 8.99 Å². The van der Waals surface area contributed by atoms with E-state index in [1.807, 2.05) is 26.6 Å². The van der Waals surface area contributed by atoms with Crippen molar-refractivity contribution in [2.45, 2.75) is 59.6 Å². The van der Waals surface area contributed by atoms with Crippen LogP contribution < -0.4 is 0 Å². The van der Waals surface area contributed by atoms with Crippen LogP contribution in [0.15, 0.2) is 11.8 Å². The second kappa shape index (κ2) is 7.52. The zero-order chi connectivity index (χ0) is 16.1. The molecule has 0 heterocycles. The molecule has 0 aliphatic heterocycles. The summed E-state index contributed by atoms with van der Waals surface area (Å²) in [6.07, 6.45) is 2.31. The van der Waals surface area contributed by atoms with E-state index in [0.717, 1.165) is 17.1 Å². The van der Waals surface area contributed by atoms with Crippen LogP contribution in [-0.4, -0.2) is 38.5 Å². The van der Waals surface area contributed by atoms with Crippen LogP contribution in [0.1, 0.15) is 20.3 Å². The molecule has 0 aliphatic rings. The second-order valence-electron chi connectivity index (χ2n) is 6.96. The summed E-state index contributed by atoms with van der Waals surface area (Å²) in [5.74, 6) is -0.230. The summed E-state index contributed by atoms with van der Waals surface area (Å²) in [4.78, 5) is 13.0. The minimum absolute atomic E-state index is 0.230. The molecule has 0 saturated heterocycles. The van der Waals surface area contributed by atoms with Crippen molar-refractivity contribution < 1.29 is 9.22 Å². The van der Waals surface area contributed by atoms with Gasteiger partial charge in [-0.05, 0) is 38.4 Å². The first kappa shape index (κ1) is 19.5. The number of rotatable bonds is 7. The Morgan fingerprint density at radius 1 is 1.20 bits per heavy atom. The van der Waals surface area contributed by atoms with Gasteiger partial charge in [0.15, 0.2) is 0 Å². The summed E-state index contributed by atoms with van der Waals surface area (Å²) in [6, 6.07) is 0. The van der Waals surface area contributed by atoms with Crippen molar-refractivity contribution in [3.63, 3.8) is 0 Å². The van der Waals surface area contributed by atoms with E-state index in [1.54, 1.807) is 6.08 Å². The highest BCUT2D eigenvalue weighted by molar-refractivity contribution is 7.80. The van der Waals surface area contributed by atoms with Gasteiger partial charge >= 0.3 is 5.97 Å². The molecule has 0 N–H and O–H groups in total. The second-order valence-corrected chi connectivity index (χ2v) is 17.0. The van der Waals surface area contributed by atoms with Crippen molar-refractivity contribution in [1.82, 2.24) is 4.57 Å². The normalized spacial score (nSPS) is 13.1. The summed E-state index contributed by atoms with van der Waals surface area (Å²) < 4.78 is 7.87. The summed E-state index contributed by atoms with van der Waals surface area (Å²) in [6.45, 7) is 17.8. The van der Waals surface area contributed by atoms with E-state index < -0.39 is 16.6 Å².